The van der Waals surface area contributed by atoms with Gasteiger partial charge < -0.3 is 9.64 Å². The Hall–Kier alpha value is -0.610. The predicted octanol–water partition coefficient (Wildman–Crippen LogP) is 1.99. The molecule has 0 saturated carbocycles. The van der Waals surface area contributed by atoms with Gasteiger partial charge in [0.25, 0.3) is 0 Å². The number of nitrogens with one attached hydrogen (secondary N) is 1. The molecule has 19 heavy (non-hydrogen) atoms. The van der Waals surface area contributed by atoms with Gasteiger partial charge in [-0.2, -0.15) is 0 Å². The van der Waals surface area contributed by atoms with Gasteiger partial charge in [-0.1, -0.05) is 27.7 Å². The second-order valence-electron chi connectivity index (χ2n) is 6.95. The number of ether oxygens (including phenoxy) is 1. The molecule has 110 valence electrons. The maximum atomic E-state index is 12.6. The van der Waals surface area contributed by atoms with Crippen molar-refractivity contribution in [1.82, 2.24) is 10.2 Å². The summed E-state index contributed by atoms with van der Waals surface area (Å²) in [5, 5.41) is 3.50. The lowest BCUT2D eigenvalue weighted by atomic mass is 10.0. The van der Waals surface area contributed by atoms with Crippen LogP contribution in [0.3, 0.4) is 0 Å². The molecule has 1 N–H and O–H groups in total. The third-order valence-corrected chi connectivity index (χ3v) is 4.34. The van der Waals surface area contributed by atoms with E-state index in [9.17, 15) is 4.79 Å². The van der Waals surface area contributed by atoms with E-state index in [-0.39, 0.29) is 23.7 Å². The molecule has 0 radical (unpaired) electrons. The van der Waals surface area contributed by atoms with E-state index in [1.807, 2.05) is 4.90 Å². The maximum Gasteiger partial charge on any atom is 0.241 e. The van der Waals surface area contributed by atoms with E-state index in [1.165, 1.54) is 0 Å². The van der Waals surface area contributed by atoms with Gasteiger partial charge in [-0.15, -0.1) is 0 Å². The molecule has 0 aromatic heterocycles. The highest BCUT2D eigenvalue weighted by molar-refractivity contribution is 5.84. The number of nitrogens with zero attached hydrogens (tertiary/aromatic N) is 1. The normalized spacial score (nSPS) is 35.9. The first kappa shape index (κ1) is 14.8. The number of hydrogen-bond acceptors (Lipinski definition) is 3. The molecule has 3 atom stereocenters. The van der Waals surface area contributed by atoms with Crippen molar-refractivity contribution in [1.29, 1.82) is 0 Å². The third-order valence-electron chi connectivity index (χ3n) is 4.34. The predicted molar refractivity (Wildman–Crippen MR) is 75.7 cm³/mol. The molecule has 0 aromatic carbocycles. The molecule has 2 saturated heterocycles. The van der Waals surface area contributed by atoms with E-state index in [1.54, 1.807) is 0 Å². The summed E-state index contributed by atoms with van der Waals surface area (Å²) in [5.74, 6) is 0.985. The lowest BCUT2D eigenvalue weighted by molar-refractivity contribution is -0.135. The molecule has 3 unspecified atom stereocenters. The van der Waals surface area contributed by atoms with Gasteiger partial charge in [-0.25, -0.2) is 0 Å². The fourth-order valence-corrected chi connectivity index (χ4v) is 3.19. The minimum absolute atomic E-state index is 0.0441. The molecule has 2 aliphatic rings. The summed E-state index contributed by atoms with van der Waals surface area (Å²) in [5.41, 5.74) is -0.156. The van der Waals surface area contributed by atoms with E-state index in [0.29, 0.717) is 18.4 Å². The van der Waals surface area contributed by atoms with Crippen molar-refractivity contribution in [2.75, 3.05) is 13.2 Å². The lowest BCUT2D eigenvalue weighted by Gasteiger charge is -2.34. The summed E-state index contributed by atoms with van der Waals surface area (Å²) in [6.07, 6.45) is 2.29. The fraction of sp³-hybridized carbons (Fsp3) is 0.933. The van der Waals surface area contributed by atoms with Crippen molar-refractivity contribution in [3.8, 4) is 0 Å². The summed E-state index contributed by atoms with van der Waals surface area (Å²) < 4.78 is 5.85. The van der Waals surface area contributed by atoms with Crippen LogP contribution in [0.5, 0.6) is 0 Å². The molecular weight excluding hydrogens is 240 g/mol. The highest BCUT2D eigenvalue weighted by Gasteiger charge is 2.45. The van der Waals surface area contributed by atoms with Gasteiger partial charge in [0.05, 0.1) is 24.4 Å². The molecule has 0 bridgehead atoms. The molecule has 2 rings (SSSR count). The topological polar surface area (TPSA) is 41.6 Å². The van der Waals surface area contributed by atoms with E-state index in [2.05, 4.69) is 39.9 Å². The van der Waals surface area contributed by atoms with Crippen LogP contribution in [-0.2, 0) is 9.53 Å². The average Bonchev–Trinajstić information content (AvgIpc) is 2.85. The Kier molecular flexibility index (Phi) is 4.21. The van der Waals surface area contributed by atoms with E-state index in [0.717, 1.165) is 19.4 Å². The van der Waals surface area contributed by atoms with Crippen LogP contribution in [0.15, 0.2) is 0 Å². The number of carbonyl (C=O) groups excluding carboxylic acids is 1. The van der Waals surface area contributed by atoms with Gasteiger partial charge in [-0.3, -0.25) is 10.1 Å². The quantitative estimate of drug-likeness (QED) is 0.848. The first-order chi connectivity index (χ1) is 8.84. The number of amides is 1. The Bertz CT molecular complexity index is 335. The van der Waals surface area contributed by atoms with Gasteiger partial charge in [0, 0.05) is 6.61 Å². The second kappa shape index (κ2) is 5.41. The number of rotatable bonds is 4. The van der Waals surface area contributed by atoms with Gasteiger partial charge in [0.1, 0.15) is 0 Å². The minimum Gasteiger partial charge on any atom is -0.373 e. The molecule has 0 aromatic rings. The maximum absolute atomic E-state index is 12.6. The molecule has 2 heterocycles. The molecular formula is C15H28N2O2. The van der Waals surface area contributed by atoms with Crippen LogP contribution in [0.1, 0.15) is 47.5 Å². The van der Waals surface area contributed by atoms with Crippen molar-refractivity contribution in [2.24, 2.45) is 11.8 Å². The van der Waals surface area contributed by atoms with Gasteiger partial charge in [0.15, 0.2) is 0 Å². The Morgan fingerprint density at radius 1 is 1.37 bits per heavy atom. The van der Waals surface area contributed by atoms with E-state index < -0.39 is 0 Å². The largest absolute Gasteiger partial charge is 0.373 e. The van der Waals surface area contributed by atoms with Crippen LogP contribution in [0, 0.1) is 11.8 Å². The molecule has 4 heteroatoms. The smallest absolute Gasteiger partial charge is 0.241 e. The van der Waals surface area contributed by atoms with Crippen LogP contribution >= 0.6 is 0 Å². The van der Waals surface area contributed by atoms with Gasteiger partial charge in [0.2, 0.25) is 5.91 Å². The Morgan fingerprint density at radius 2 is 2.05 bits per heavy atom. The first-order valence-corrected chi connectivity index (χ1v) is 7.54. The Balaban J connectivity index is 2.13. The molecule has 2 fully saturated rings. The molecule has 2 aliphatic heterocycles. The van der Waals surface area contributed by atoms with Crippen LogP contribution in [0.4, 0.5) is 0 Å². The second-order valence-corrected chi connectivity index (χ2v) is 6.95. The van der Waals surface area contributed by atoms with Crippen molar-refractivity contribution in [3.63, 3.8) is 0 Å². The highest BCUT2D eigenvalue weighted by atomic mass is 16.5. The SMILES string of the molecule is CC(C)C1NC(C(C)C)N(CC2(C)CCCO2)C1=O. The van der Waals surface area contributed by atoms with Crippen LogP contribution in [-0.4, -0.2) is 41.8 Å². The standard InChI is InChI=1S/C15H28N2O2/c1-10(2)12-14(18)17(13(16-12)11(3)4)9-15(5)7-6-8-19-15/h10-13,16H,6-9H2,1-5H3. The monoisotopic (exact) mass is 268 g/mol. The Morgan fingerprint density at radius 3 is 2.53 bits per heavy atom. The van der Waals surface area contributed by atoms with Crippen molar-refractivity contribution < 1.29 is 9.53 Å². The third kappa shape index (κ3) is 2.95. The summed E-state index contributed by atoms with van der Waals surface area (Å²) in [7, 11) is 0. The van der Waals surface area contributed by atoms with E-state index in [4.69, 9.17) is 4.74 Å². The van der Waals surface area contributed by atoms with E-state index >= 15 is 0 Å². The zero-order valence-corrected chi connectivity index (χ0v) is 12.9. The van der Waals surface area contributed by atoms with Crippen molar-refractivity contribution in [3.05, 3.63) is 0 Å². The van der Waals surface area contributed by atoms with Crippen LogP contribution in [0.2, 0.25) is 0 Å². The van der Waals surface area contributed by atoms with Gasteiger partial charge in [-0.05, 0) is 31.6 Å². The van der Waals surface area contributed by atoms with Gasteiger partial charge >= 0.3 is 0 Å². The Labute approximate surface area is 116 Å². The highest BCUT2D eigenvalue weighted by Crippen LogP contribution is 2.30. The molecule has 4 nitrogen and oxygen atoms in total. The summed E-state index contributed by atoms with van der Waals surface area (Å²) in [6.45, 7) is 12.2. The van der Waals surface area contributed by atoms with Crippen molar-refractivity contribution >= 4 is 5.91 Å². The zero-order valence-electron chi connectivity index (χ0n) is 12.9. The summed E-state index contributed by atoms with van der Waals surface area (Å²) in [6, 6.07) is -0.0441. The van der Waals surface area contributed by atoms with Crippen LogP contribution < -0.4 is 5.32 Å². The first-order valence-electron chi connectivity index (χ1n) is 7.54. The number of carbonyl (C=O) groups is 1. The van der Waals surface area contributed by atoms with Crippen molar-refractivity contribution in [2.45, 2.75) is 65.3 Å². The lowest BCUT2D eigenvalue weighted by Crippen LogP contribution is -2.48. The molecule has 0 spiro atoms. The summed E-state index contributed by atoms with van der Waals surface area (Å²) in [4.78, 5) is 14.6. The number of hydrogen-bond donors (Lipinski definition) is 1. The summed E-state index contributed by atoms with van der Waals surface area (Å²) >= 11 is 0. The average molecular weight is 268 g/mol. The van der Waals surface area contributed by atoms with Crippen LogP contribution in [0.25, 0.3) is 0 Å². The molecule has 1 amide bonds. The molecule has 0 aliphatic carbocycles. The zero-order chi connectivity index (χ0) is 14.2. The fourth-order valence-electron chi connectivity index (χ4n) is 3.19. The minimum atomic E-state index is -0.156.